The van der Waals surface area contributed by atoms with Crippen LogP contribution in [0.15, 0.2) is 22.7 Å². The van der Waals surface area contributed by atoms with Crippen LogP contribution >= 0.6 is 22.6 Å². The molecule has 0 bridgehead atoms. The first-order chi connectivity index (χ1) is 8.74. The van der Waals surface area contributed by atoms with Crippen LogP contribution in [0.5, 0.6) is 0 Å². The molecule has 1 saturated carbocycles. The predicted molar refractivity (Wildman–Crippen MR) is 78.1 cm³/mol. The number of rotatable bonds is 2. The van der Waals surface area contributed by atoms with E-state index < -0.39 is 0 Å². The fourth-order valence-electron chi connectivity index (χ4n) is 2.41. The number of nitrogens with two attached hydrogens (primary N) is 1. The van der Waals surface area contributed by atoms with Crippen molar-refractivity contribution in [2.24, 2.45) is 0 Å². The van der Waals surface area contributed by atoms with Gasteiger partial charge in [-0.3, -0.25) is 0 Å². The van der Waals surface area contributed by atoms with E-state index >= 15 is 0 Å². The van der Waals surface area contributed by atoms with Crippen LogP contribution in [-0.2, 0) is 0 Å². The van der Waals surface area contributed by atoms with Gasteiger partial charge < -0.3 is 10.3 Å². The van der Waals surface area contributed by atoms with E-state index in [4.69, 9.17) is 10.3 Å². The zero-order chi connectivity index (χ0) is 12.5. The summed E-state index contributed by atoms with van der Waals surface area (Å²) in [6.45, 7) is 0. The molecule has 1 aliphatic carbocycles. The van der Waals surface area contributed by atoms with Gasteiger partial charge in [0.1, 0.15) is 0 Å². The standard InChI is InChI=1S/C13H14IN3O/c14-9-5-6-11(15)10(7-9)13-16-12(17-18-13)8-3-1-2-4-8/h5-8H,1-4,15H2. The molecule has 1 aromatic heterocycles. The quantitative estimate of drug-likeness (QED) is 0.661. The molecular weight excluding hydrogens is 341 g/mol. The van der Waals surface area contributed by atoms with Crippen molar-refractivity contribution in [3.8, 4) is 11.5 Å². The Morgan fingerprint density at radius 3 is 2.83 bits per heavy atom. The smallest absolute Gasteiger partial charge is 0.260 e. The van der Waals surface area contributed by atoms with Crippen molar-refractivity contribution in [3.05, 3.63) is 27.6 Å². The third-order valence-electron chi connectivity index (χ3n) is 3.41. The lowest BCUT2D eigenvalue weighted by atomic mass is 10.1. The number of aromatic nitrogens is 2. The van der Waals surface area contributed by atoms with Gasteiger partial charge in [-0.05, 0) is 53.6 Å². The minimum Gasteiger partial charge on any atom is -0.398 e. The van der Waals surface area contributed by atoms with Gasteiger partial charge >= 0.3 is 0 Å². The van der Waals surface area contributed by atoms with E-state index in [2.05, 4.69) is 32.7 Å². The largest absolute Gasteiger partial charge is 0.398 e. The van der Waals surface area contributed by atoms with Crippen LogP contribution in [0.4, 0.5) is 5.69 Å². The van der Waals surface area contributed by atoms with Crippen LogP contribution in [0.25, 0.3) is 11.5 Å². The molecule has 1 aromatic carbocycles. The number of halogens is 1. The summed E-state index contributed by atoms with van der Waals surface area (Å²) in [5.41, 5.74) is 7.46. The van der Waals surface area contributed by atoms with Crippen molar-refractivity contribution in [2.45, 2.75) is 31.6 Å². The maximum absolute atomic E-state index is 5.95. The minimum absolute atomic E-state index is 0.464. The van der Waals surface area contributed by atoms with Crippen molar-refractivity contribution in [1.82, 2.24) is 10.1 Å². The number of benzene rings is 1. The Morgan fingerprint density at radius 2 is 2.06 bits per heavy atom. The Morgan fingerprint density at radius 1 is 1.28 bits per heavy atom. The SMILES string of the molecule is Nc1ccc(I)cc1-c1nc(C2CCCC2)no1. The van der Waals surface area contributed by atoms with Crippen LogP contribution < -0.4 is 5.73 Å². The fourth-order valence-corrected chi connectivity index (χ4v) is 2.90. The minimum atomic E-state index is 0.464. The maximum Gasteiger partial charge on any atom is 0.260 e. The van der Waals surface area contributed by atoms with Crippen LogP contribution in [0.3, 0.4) is 0 Å². The average molecular weight is 355 g/mol. The molecule has 0 amide bonds. The van der Waals surface area contributed by atoms with Gasteiger partial charge in [-0.25, -0.2) is 0 Å². The molecule has 0 saturated heterocycles. The Bertz CT molecular complexity index is 561. The summed E-state index contributed by atoms with van der Waals surface area (Å²) in [5, 5.41) is 4.10. The van der Waals surface area contributed by atoms with Gasteiger partial charge in [-0.2, -0.15) is 4.98 Å². The number of nitrogen functional groups attached to an aromatic ring is 1. The Balaban J connectivity index is 1.94. The highest BCUT2D eigenvalue weighted by Gasteiger charge is 2.23. The molecule has 0 atom stereocenters. The van der Waals surface area contributed by atoms with Crippen LogP contribution in [-0.4, -0.2) is 10.1 Å². The molecule has 2 aromatic rings. The first-order valence-corrected chi connectivity index (χ1v) is 7.21. The van der Waals surface area contributed by atoms with Gasteiger partial charge in [-0.1, -0.05) is 18.0 Å². The summed E-state index contributed by atoms with van der Waals surface area (Å²) >= 11 is 2.25. The fraction of sp³-hybridized carbons (Fsp3) is 0.385. The Hall–Kier alpha value is -1.11. The Labute approximate surface area is 119 Å². The lowest BCUT2D eigenvalue weighted by Gasteiger charge is -2.01. The van der Waals surface area contributed by atoms with Gasteiger partial charge in [0.2, 0.25) is 0 Å². The molecule has 1 heterocycles. The number of anilines is 1. The molecule has 2 N–H and O–H groups in total. The molecule has 18 heavy (non-hydrogen) atoms. The monoisotopic (exact) mass is 355 g/mol. The lowest BCUT2D eigenvalue weighted by molar-refractivity contribution is 0.416. The molecule has 0 radical (unpaired) electrons. The van der Waals surface area contributed by atoms with E-state index in [0.29, 0.717) is 17.5 Å². The second-order valence-electron chi connectivity index (χ2n) is 4.67. The van der Waals surface area contributed by atoms with Gasteiger partial charge in [-0.15, -0.1) is 0 Å². The van der Waals surface area contributed by atoms with E-state index in [0.717, 1.165) is 15.0 Å². The summed E-state index contributed by atoms with van der Waals surface area (Å²) in [6.07, 6.45) is 4.86. The second-order valence-corrected chi connectivity index (χ2v) is 5.92. The molecule has 0 spiro atoms. The molecule has 0 unspecified atom stereocenters. The van der Waals surface area contributed by atoms with Crippen molar-refractivity contribution in [3.63, 3.8) is 0 Å². The number of hydrogen-bond acceptors (Lipinski definition) is 4. The molecular formula is C13H14IN3O. The third-order valence-corrected chi connectivity index (χ3v) is 4.08. The zero-order valence-corrected chi connectivity index (χ0v) is 12.1. The second kappa shape index (κ2) is 4.87. The van der Waals surface area contributed by atoms with E-state index in [1.54, 1.807) is 0 Å². The van der Waals surface area contributed by atoms with Gasteiger partial charge in [0.15, 0.2) is 5.82 Å². The molecule has 4 nitrogen and oxygen atoms in total. The van der Waals surface area contributed by atoms with Crippen LogP contribution in [0.2, 0.25) is 0 Å². The number of nitrogens with zero attached hydrogens (tertiary/aromatic N) is 2. The first-order valence-electron chi connectivity index (χ1n) is 6.13. The molecule has 5 heteroatoms. The van der Waals surface area contributed by atoms with Crippen molar-refractivity contribution >= 4 is 28.3 Å². The van der Waals surface area contributed by atoms with Gasteiger partial charge in [0, 0.05) is 15.2 Å². The highest BCUT2D eigenvalue weighted by Crippen LogP contribution is 2.34. The Kier molecular flexibility index (Phi) is 3.23. The molecule has 1 fully saturated rings. The summed E-state index contributed by atoms with van der Waals surface area (Å²) < 4.78 is 6.46. The first kappa shape index (κ1) is 12.0. The number of hydrogen-bond donors (Lipinski definition) is 1. The molecule has 94 valence electrons. The van der Waals surface area contributed by atoms with Crippen LogP contribution in [0, 0.1) is 3.57 Å². The predicted octanol–water partition coefficient (Wildman–Crippen LogP) is 3.58. The lowest BCUT2D eigenvalue weighted by Crippen LogP contribution is -1.95. The highest BCUT2D eigenvalue weighted by atomic mass is 127. The summed E-state index contributed by atoms with van der Waals surface area (Å²) in [7, 11) is 0. The van der Waals surface area contributed by atoms with Gasteiger partial charge in [0.05, 0.1) is 5.56 Å². The molecule has 3 rings (SSSR count). The average Bonchev–Trinajstić information content (AvgIpc) is 3.00. The zero-order valence-electron chi connectivity index (χ0n) is 9.90. The van der Waals surface area contributed by atoms with Gasteiger partial charge in [0.25, 0.3) is 5.89 Å². The summed E-state index contributed by atoms with van der Waals surface area (Å²) in [4.78, 5) is 4.50. The van der Waals surface area contributed by atoms with Crippen molar-refractivity contribution in [1.29, 1.82) is 0 Å². The van der Waals surface area contributed by atoms with Crippen molar-refractivity contribution < 1.29 is 4.52 Å². The third kappa shape index (κ3) is 2.23. The van der Waals surface area contributed by atoms with E-state index in [-0.39, 0.29) is 0 Å². The molecule has 1 aliphatic rings. The summed E-state index contributed by atoms with van der Waals surface area (Å²) in [6, 6.07) is 5.81. The maximum atomic E-state index is 5.95. The summed E-state index contributed by atoms with van der Waals surface area (Å²) in [5.74, 6) is 1.83. The highest BCUT2D eigenvalue weighted by molar-refractivity contribution is 14.1. The molecule has 0 aliphatic heterocycles. The van der Waals surface area contributed by atoms with Crippen LogP contribution in [0.1, 0.15) is 37.4 Å². The topological polar surface area (TPSA) is 64.9 Å². The van der Waals surface area contributed by atoms with E-state index in [9.17, 15) is 0 Å². The van der Waals surface area contributed by atoms with Crippen molar-refractivity contribution in [2.75, 3.05) is 5.73 Å². The van der Waals surface area contributed by atoms with E-state index in [1.165, 1.54) is 25.7 Å². The normalized spacial score (nSPS) is 16.3. The van der Waals surface area contributed by atoms with E-state index in [1.807, 2.05) is 18.2 Å².